The Morgan fingerprint density at radius 1 is 1.17 bits per heavy atom. The smallest absolute Gasteiger partial charge is 0.236 e. The van der Waals surface area contributed by atoms with Crippen molar-refractivity contribution in [3.8, 4) is 11.4 Å². The summed E-state index contributed by atoms with van der Waals surface area (Å²) in [6, 6.07) is 7.96. The number of nitrogens with one attached hydrogen (secondary N) is 1. The molecule has 4 rings (SSSR count). The largest absolute Gasteiger partial charge is 0.302 e. The van der Waals surface area contributed by atoms with Gasteiger partial charge in [0.1, 0.15) is 5.01 Å². The van der Waals surface area contributed by atoms with Crippen LogP contribution in [0.15, 0.2) is 33.9 Å². The van der Waals surface area contributed by atoms with E-state index in [-0.39, 0.29) is 11.7 Å². The van der Waals surface area contributed by atoms with Crippen molar-refractivity contribution in [2.24, 2.45) is 0 Å². The molecule has 1 aromatic carbocycles. The Labute approximate surface area is 192 Å². The minimum absolute atomic E-state index is 0.109. The van der Waals surface area contributed by atoms with Gasteiger partial charge in [0.2, 0.25) is 11.0 Å². The van der Waals surface area contributed by atoms with E-state index in [1.807, 2.05) is 35.8 Å². The maximum absolute atomic E-state index is 12.4. The molecule has 0 bridgehead atoms. The van der Waals surface area contributed by atoms with Crippen molar-refractivity contribution in [2.75, 3.05) is 11.1 Å². The van der Waals surface area contributed by atoms with E-state index < -0.39 is 0 Å². The van der Waals surface area contributed by atoms with E-state index in [4.69, 9.17) is 0 Å². The highest BCUT2D eigenvalue weighted by molar-refractivity contribution is 9.10. The molecule has 3 aromatic rings. The number of anilines is 1. The Kier molecular flexibility index (Phi) is 7.16. The summed E-state index contributed by atoms with van der Waals surface area (Å²) in [5, 5.41) is 22.3. The van der Waals surface area contributed by atoms with E-state index in [1.54, 1.807) is 0 Å². The Bertz CT molecular complexity index is 997. The third kappa shape index (κ3) is 5.09. The second-order valence-electron chi connectivity index (χ2n) is 7.17. The van der Waals surface area contributed by atoms with Gasteiger partial charge in [0.25, 0.3) is 0 Å². The van der Waals surface area contributed by atoms with Crippen molar-refractivity contribution in [3.05, 3.63) is 33.7 Å². The van der Waals surface area contributed by atoms with Crippen LogP contribution in [-0.4, -0.2) is 36.6 Å². The number of carbonyl (C=O) groups is 1. The predicted octanol–water partition coefficient (Wildman–Crippen LogP) is 5.36. The third-order valence-corrected chi connectivity index (χ3v) is 7.61. The zero-order valence-corrected chi connectivity index (χ0v) is 19.9. The average Bonchev–Trinajstić information content (AvgIpc) is 3.40. The van der Waals surface area contributed by atoms with E-state index in [9.17, 15) is 4.79 Å². The Balaban J connectivity index is 1.36. The van der Waals surface area contributed by atoms with Crippen molar-refractivity contribution >= 4 is 50.1 Å². The van der Waals surface area contributed by atoms with Gasteiger partial charge in [0, 0.05) is 22.5 Å². The number of nitrogens with zero attached hydrogens (tertiary/aromatic N) is 5. The maximum atomic E-state index is 12.4. The molecule has 1 saturated carbocycles. The first-order valence-electron chi connectivity index (χ1n) is 10.1. The van der Waals surface area contributed by atoms with E-state index in [0.717, 1.165) is 32.6 Å². The van der Waals surface area contributed by atoms with E-state index in [2.05, 4.69) is 41.6 Å². The van der Waals surface area contributed by atoms with Crippen molar-refractivity contribution in [2.45, 2.75) is 56.6 Å². The molecule has 30 heavy (non-hydrogen) atoms. The maximum Gasteiger partial charge on any atom is 0.236 e. The van der Waals surface area contributed by atoms with Crippen LogP contribution in [0.3, 0.4) is 0 Å². The molecule has 0 radical (unpaired) electrons. The van der Waals surface area contributed by atoms with E-state index in [0.29, 0.717) is 11.0 Å². The van der Waals surface area contributed by atoms with Gasteiger partial charge in [0.15, 0.2) is 11.0 Å². The summed E-state index contributed by atoms with van der Waals surface area (Å²) in [5.41, 5.74) is 0.993. The Hall–Kier alpha value is -1.78. The van der Waals surface area contributed by atoms with Gasteiger partial charge in [0.05, 0.1) is 5.75 Å². The van der Waals surface area contributed by atoms with Gasteiger partial charge in [-0.15, -0.1) is 20.4 Å². The number of thioether (sulfide) groups is 1. The summed E-state index contributed by atoms with van der Waals surface area (Å²) in [4.78, 5) is 12.4. The fourth-order valence-corrected chi connectivity index (χ4v) is 5.57. The molecule has 1 fully saturated rings. The molecule has 1 aliphatic rings. The average molecular weight is 507 g/mol. The molecule has 2 aromatic heterocycles. The number of hydrogen-bond acceptors (Lipinski definition) is 7. The van der Waals surface area contributed by atoms with Gasteiger partial charge in [-0.1, -0.05) is 70.4 Å². The van der Waals surface area contributed by atoms with Gasteiger partial charge in [-0.3, -0.25) is 10.1 Å². The van der Waals surface area contributed by atoms with Crippen LogP contribution in [0.25, 0.3) is 11.4 Å². The summed E-state index contributed by atoms with van der Waals surface area (Å²) >= 11 is 6.33. The highest BCUT2D eigenvalue weighted by atomic mass is 79.9. The highest BCUT2D eigenvalue weighted by Gasteiger charge is 2.20. The number of halogens is 1. The molecule has 0 spiro atoms. The van der Waals surface area contributed by atoms with Crippen LogP contribution in [-0.2, 0) is 11.3 Å². The number of benzene rings is 1. The molecule has 10 heteroatoms. The number of rotatable bonds is 7. The lowest BCUT2D eigenvalue weighted by atomic mass is 9.90. The molecule has 1 aliphatic carbocycles. The molecular weight excluding hydrogens is 484 g/mol. The van der Waals surface area contributed by atoms with Crippen LogP contribution in [0.5, 0.6) is 0 Å². The minimum atomic E-state index is -0.109. The first-order valence-corrected chi connectivity index (χ1v) is 12.7. The standard InChI is InChI=1S/C20H23BrN6OS2/c1-2-27-17(13-8-10-15(21)11-9-13)23-26-20(27)29-12-16(28)22-19-25-24-18(30-19)14-6-4-3-5-7-14/h8-11,14H,2-7,12H2,1H3,(H,22,25,28). The van der Waals surface area contributed by atoms with Crippen LogP contribution in [0.2, 0.25) is 0 Å². The zero-order valence-electron chi connectivity index (χ0n) is 16.7. The molecular formula is C20H23BrN6OS2. The second-order valence-corrected chi connectivity index (χ2v) is 10.0. The SMILES string of the molecule is CCn1c(SCC(=O)Nc2nnc(C3CCCCC3)s2)nnc1-c1ccc(Br)cc1. The number of carbonyl (C=O) groups excluding carboxylic acids is 1. The van der Waals surface area contributed by atoms with E-state index >= 15 is 0 Å². The lowest BCUT2D eigenvalue weighted by Gasteiger charge is -2.18. The van der Waals surface area contributed by atoms with Crippen molar-refractivity contribution in [3.63, 3.8) is 0 Å². The van der Waals surface area contributed by atoms with Crippen molar-refractivity contribution < 1.29 is 4.79 Å². The topological polar surface area (TPSA) is 85.6 Å². The summed E-state index contributed by atoms with van der Waals surface area (Å²) in [6.07, 6.45) is 6.16. The van der Waals surface area contributed by atoms with Gasteiger partial charge in [-0.05, 0) is 31.9 Å². The van der Waals surface area contributed by atoms with Crippen molar-refractivity contribution in [1.29, 1.82) is 0 Å². The van der Waals surface area contributed by atoms with E-state index in [1.165, 1.54) is 55.2 Å². The lowest BCUT2D eigenvalue weighted by molar-refractivity contribution is -0.113. The second kappa shape index (κ2) is 10.0. The monoisotopic (exact) mass is 506 g/mol. The highest BCUT2D eigenvalue weighted by Crippen LogP contribution is 2.35. The first kappa shape index (κ1) is 21.5. The molecule has 158 valence electrons. The van der Waals surface area contributed by atoms with Gasteiger partial charge >= 0.3 is 0 Å². The molecule has 0 unspecified atom stereocenters. The van der Waals surface area contributed by atoms with Crippen molar-refractivity contribution in [1.82, 2.24) is 25.0 Å². The quantitative estimate of drug-likeness (QED) is 0.434. The van der Waals surface area contributed by atoms with Crippen LogP contribution in [0.1, 0.15) is 50.0 Å². The van der Waals surface area contributed by atoms with Crippen LogP contribution >= 0.6 is 39.0 Å². The Morgan fingerprint density at radius 2 is 1.93 bits per heavy atom. The molecule has 0 aliphatic heterocycles. The fraction of sp³-hybridized carbons (Fsp3) is 0.450. The minimum Gasteiger partial charge on any atom is -0.302 e. The normalized spacial score (nSPS) is 14.7. The van der Waals surface area contributed by atoms with Gasteiger partial charge in [-0.2, -0.15) is 0 Å². The first-order chi connectivity index (χ1) is 14.6. The summed E-state index contributed by atoms with van der Waals surface area (Å²) < 4.78 is 3.04. The van der Waals surface area contributed by atoms with Gasteiger partial charge < -0.3 is 4.57 Å². The molecule has 1 N–H and O–H groups in total. The molecule has 0 atom stereocenters. The van der Waals surface area contributed by atoms with Crippen LogP contribution < -0.4 is 5.32 Å². The molecule has 2 heterocycles. The number of aromatic nitrogens is 5. The molecule has 1 amide bonds. The third-order valence-electron chi connectivity index (χ3n) is 5.11. The number of amides is 1. The molecule has 0 saturated heterocycles. The Morgan fingerprint density at radius 3 is 2.67 bits per heavy atom. The summed E-state index contributed by atoms with van der Waals surface area (Å²) in [6.45, 7) is 2.77. The predicted molar refractivity (Wildman–Crippen MR) is 124 cm³/mol. The lowest BCUT2D eigenvalue weighted by Crippen LogP contribution is -2.14. The zero-order chi connectivity index (χ0) is 20.9. The molecule has 7 nitrogen and oxygen atoms in total. The number of hydrogen-bond donors (Lipinski definition) is 1. The fourth-order valence-electron chi connectivity index (χ4n) is 3.58. The summed E-state index contributed by atoms with van der Waals surface area (Å²) in [5.74, 6) is 1.43. The summed E-state index contributed by atoms with van der Waals surface area (Å²) in [7, 11) is 0. The van der Waals surface area contributed by atoms with Gasteiger partial charge in [-0.25, -0.2) is 0 Å². The van der Waals surface area contributed by atoms with Crippen LogP contribution in [0.4, 0.5) is 5.13 Å². The van der Waals surface area contributed by atoms with Crippen LogP contribution in [0, 0.1) is 0 Å².